The summed E-state index contributed by atoms with van der Waals surface area (Å²) < 4.78 is 13.4. The van der Waals surface area contributed by atoms with Gasteiger partial charge in [0, 0.05) is 11.1 Å². The highest BCUT2D eigenvalue weighted by atomic mass is 32.2. The molecule has 0 amide bonds. The fourth-order valence-corrected chi connectivity index (χ4v) is 6.52. The molecule has 3 nitrogen and oxygen atoms in total. The first kappa shape index (κ1) is 32.3. The van der Waals surface area contributed by atoms with Gasteiger partial charge in [-0.2, -0.15) is 0 Å². The lowest BCUT2D eigenvalue weighted by atomic mass is 10.0. The molecule has 0 aliphatic heterocycles. The molecule has 4 rings (SSSR count). The number of benzene rings is 1. The van der Waals surface area contributed by atoms with Crippen molar-refractivity contribution in [1.29, 1.82) is 0 Å². The average Bonchev–Trinajstić information content (AvgIpc) is 3.65. The highest BCUT2D eigenvalue weighted by Gasteiger charge is 2.20. The number of nitrogens with two attached hydrogens (primary N) is 1. The van der Waals surface area contributed by atoms with Crippen molar-refractivity contribution in [2.45, 2.75) is 17.6 Å². The van der Waals surface area contributed by atoms with Gasteiger partial charge in [0.2, 0.25) is 0 Å². The summed E-state index contributed by atoms with van der Waals surface area (Å²) >= 11 is 3.13. The Morgan fingerprint density at radius 1 is 0.854 bits per heavy atom. The summed E-state index contributed by atoms with van der Waals surface area (Å²) in [7, 11) is -1.08. The Labute approximate surface area is 251 Å². The minimum atomic E-state index is -1.08. The van der Waals surface area contributed by atoms with E-state index < -0.39 is 10.8 Å². The van der Waals surface area contributed by atoms with Crippen molar-refractivity contribution in [2.24, 2.45) is 0 Å². The maximum atomic E-state index is 12.6. The molecular weight excluding hydrogens is 561 g/mol. The monoisotopic (exact) mass is 586 g/mol. The summed E-state index contributed by atoms with van der Waals surface area (Å²) in [5.41, 5.74) is 36.6. The van der Waals surface area contributed by atoms with Gasteiger partial charge in [-0.05, 0) is 101 Å². The molecule has 1 unspecified atom stereocenters. The predicted octanol–water partition coefficient (Wildman–Crippen LogP) is 9.10. The molecular formula is C35H26N2OS3. The molecule has 3 aromatic heterocycles. The number of anilines is 1. The molecule has 4 aromatic rings. The van der Waals surface area contributed by atoms with E-state index in [2.05, 4.69) is 114 Å². The van der Waals surface area contributed by atoms with E-state index in [1.165, 1.54) is 11.3 Å². The number of hydrogen-bond acceptors (Lipinski definition) is 5. The molecule has 6 heteroatoms. The van der Waals surface area contributed by atoms with E-state index in [4.69, 9.17) is 10.7 Å². The van der Waals surface area contributed by atoms with Crippen LogP contribution in [0.25, 0.3) is 31.9 Å². The Balaban J connectivity index is 0.000000325. The van der Waals surface area contributed by atoms with Crippen molar-refractivity contribution in [1.82, 2.24) is 4.98 Å². The first-order chi connectivity index (χ1) is 20.0. The van der Waals surface area contributed by atoms with Gasteiger partial charge < -0.3 is 5.73 Å². The predicted molar refractivity (Wildman–Crippen MR) is 175 cm³/mol. The van der Waals surface area contributed by atoms with Crippen molar-refractivity contribution in [2.75, 3.05) is 11.5 Å². The zero-order valence-corrected chi connectivity index (χ0v) is 25.0. The minimum absolute atomic E-state index is 0.612. The van der Waals surface area contributed by atoms with E-state index in [1.807, 2.05) is 36.6 Å². The summed E-state index contributed by atoms with van der Waals surface area (Å²) in [6.07, 6.45) is 0.861. The van der Waals surface area contributed by atoms with E-state index in [1.54, 1.807) is 11.3 Å². The second kappa shape index (κ2) is 18.3. The van der Waals surface area contributed by atoms with Crippen molar-refractivity contribution >= 4 is 49.4 Å². The van der Waals surface area contributed by atoms with E-state index in [0.29, 0.717) is 11.4 Å². The fraction of sp³-hybridized carbons (Fsp3) is 0.0857. The van der Waals surface area contributed by atoms with Crippen molar-refractivity contribution < 1.29 is 4.21 Å². The van der Waals surface area contributed by atoms with Gasteiger partial charge in [-0.15, -0.1) is 22.7 Å². The van der Waals surface area contributed by atoms with Gasteiger partial charge in [-0.1, -0.05) is 66.2 Å². The summed E-state index contributed by atoms with van der Waals surface area (Å²) in [6, 6.07) is 16.4. The summed E-state index contributed by atoms with van der Waals surface area (Å²) in [5.74, 6) is 0.621. The molecule has 0 radical (unpaired) electrons. The molecule has 200 valence electrons. The maximum Gasteiger partial charge on any atom is 0.127 e. The standard InChI is InChI=1S/C20H18N2OS3.C8H4.C7H4/c1-2-11-26(23)20-18(21)17-14(13-7-4-3-5-8-13)12-15(22-19(17)25-20)16-9-6-10-24-16;1-3-5-7-8-6-4-2;1-3-5-7-6-4-2/h3-10,12H,2,11,21H2,1H3;1-2H2;1-2H2. The van der Waals surface area contributed by atoms with Crippen LogP contribution in [0.5, 0.6) is 0 Å². The Morgan fingerprint density at radius 3 is 1.95 bits per heavy atom. The zero-order valence-electron chi connectivity index (χ0n) is 22.6. The van der Waals surface area contributed by atoms with E-state index in [-0.39, 0.29) is 0 Å². The second-order valence-corrected chi connectivity index (χ2v) is 11.2. The third-order valence-corrected chi connectivity index (χ3v) is 8.79. The number of nitrogens with zero attached hydrogens (tertiary/aromatic N) is 1. The number of thiophene rings is 2. The van der Waals surface area contributed by atoms with Crippen LogP contribution in [0.3, 0.4) is 0 Å². The van der Waals surface area contributed by atoms with Crippen LogP contribution in [-0.2, 0) is 10.8 Å². The number of hydrogen-bond donors (Lipinski definition) is 1. The molecule has 2 N–H and O–H groups in total. The SMILES string of the molecule is C=C=C=C=C=C=C.C=C=C=C=C=C=C=C.CCCS(=O)c1sc2nc(-c3cccs3)cc(-c3ccccc3)c2c1N. The molecule has 0 aliphatic rings. The molecule has 0 aliphatic carbocycles. The second-order valence-electron chi connectivity index (χ2n) is 7.51. The summed E-state index contributed by atoms with van der Waals surface area (Å²) in [4.78, 5) is 6.81. The number of rotatable bonds is 5. The Kier molecular flexibility index (Phi) is 14.4. The summed E-state index contributed by atoms with van der Waals surface area (Å²) in [5, 5.41) is 2.97. The van der Waals surface area contributed by atoms with Gasteiger partial charge in [0.05, 0.1) is 27.1 Å². The Hall–Kier alpha value is -4.96. The molecule has 41 heavy (non-hydrogen) atoms. The van der Waals surface area contributed by atoms with Gasteiger partial charge in [0.25, 0.3) is 0 Å². The van der Waals surface area contributed by atoms with Crippen LogP contribution < -0.4 is 5.73 Å². The molecule has 0 bridgehead atoms. The zero-order chi connectivity index (χ0) is 29.9. The number of aromatic nitrogens is 1. The van der Waals surface area contributed by atoms with Gasteiger partial charge >= 0.3 is 0 Å². The topological polar surface area (TPSA) is 56.0 Å². The highest BCUT2D eigenvalue weighted by molar-refractivity contribution is 7.87. The minimum Gasteiger partial charge on any atom is -0.396 e. The van der Waals surface area contributed by atoms with Crippen LogP contribution >= 0.6 is 22.7 Å². The summed E-state index contributed by atoms with van der Waals surface area (Å²) in [6.45, 7) is 15.0. The fourth-order valence-electron chi connectivity index (χ4n) is 3.21. The Morgan fingerprint density at radius 2 is 1.44 bits per heavy atom. The van der Waals surface area contributed by atoms with E-state index >= 15 is 0 Å². The third-order valence-electron chi connectivity index (χ3n) is 4.79. The van der Waals surface area contributed by atoms with Crippen LogP contribution in [-0.4, -0.2) is 14.9 Å². The molecule has 3 heterocycles. The third kappa shape index (κ3) is 9.94. The van der Waals surface area contributed by atoms with Crippen LogP contribution in [0, 0.1) is 0 Å². The number of pyridine rings is 1. The molecule has 0 fully saturated rings. The highest BCUT2D eigenvalue weighted by Crippen LogP contribution is 2.43. The smallest absolute Gasteiger partial charge is 0.127 e. The lowest BCUT2D eigenvalue weighted by Crippen LogP contribution is -1.98. The lowest BCUT2D eigenvalue weighted by molar-refractivity contribution is 0.683. The molecule has 0 saturated heterocycles. The largest absolute Gasteiger partial charge is 0.396 e. The van der Waals surface area contributed by atoms with Gasteiger partial charge in [0.15, 0.2) is 0 Å². The quantitative estimate of drug-likeness (QED) is 0.237. The molecule has 1 atom stereocenters. The van der Waals surface area contributed by atoms with Crippen LogP contribution in [0.4, 0.5) is 5.69 Å². The molecule has 1 aromatic carbocycles. The van der Waals surface area contributed by atoms with E-state index in [0.717, 1.165) is 42.5 Å². The van der Waals surface area contributed by atoms with Crippen LogP contribution in [0.15, 0.2) is 147 Å². The van der Waals surface area contributed by atoms with E-state index in [9.17, 15) is 4.21 Å². The number of fused-ring (bicyclic) bond motifs is 1. The average molecular weight is 587 g/mol. The normalized spacial score (nSPS) is 9.20. The molecule has 0 saturated carbocycles. The first-order valence-electron chi connectivity index (χ1n) is 12.1. The van der Waals surface area contributed by atoms with Crippen molar-refractivity contribution in [3.05, 3.63) is 143 Å². The maximum absolute atomic E-state index is 12.6. The van der Waals surface area contributed by atoms with Crippen LogP contribution in [0.2, 0.25) is 0 Å². The number of nitrogen functional groups attached to an aromatic ring is 1. The Bertz CT molecular complexity index is 1880. The van der Waals surface area contributed by atoms with Crippen molar-refractivity contribution in [3.8, 4) is 21.7 Å². The lowest BCUT2D eigenvalue weighted by Gasteiger charge is -2.07. The van der Waals surface area contributed by atoms with Crippen molar-refractivity contribution in [3.63, 3.8) is 0 Å². The van der Waals surface area contributed by atoms with Gasteiger partial charge in [-0.25, -0.2) is 4.98 Å². The van der Waals surface area contributed by atoms with Gasteiger partial charge in [-0.3, -0.25) is 4.21 Å². The molecule has 0 spiro atoms. The first-order valence-corrected chi connectivity index (χ1v) is 15.1. The van der Waals surface area contributed by atoms with Gasteiger partial charge in [0.1, 0.15) is 9.04 Å². The van der Waals surface area contributed by atoms with Crippen LogP contribution in [0.1, 0.15) is 13.3 Å².